The van der Waals surface area contributed by atoms with Gasteiger partial charge in [-0.3, -0.25) is 9.63 Å². The van der Waals surface area contributed by atoms with Gasteiger partial charge in [0.2, 0.25) is 0 Å². The zero-order chi connectivity index (χ0) is 13.6. The molecule has 1 aliphatic rings. The molecule has 0 saturated carbocycles. The summed E-state index contributed by atoms with van der Waals surface area (Å²) in [5.41, 5.74) is 5.47. The minimum atomic E-state index is -5.08. The number of amides is 1. The van der Waals surface area contributed by atoms with Crippen LogP contribution in [0.15, 0.2) is 0 Å². The molecule has 0 aliphatic carbocycles. The average Bonchev–Trinajstić information content (AvgIpc) is 2.21. The normalized spacial score (nSPS) is 20.6. The molecule has 1 rings (SSSR count). The van der Waals surface area contributed by atoms with Crippen LogP contribution < -0.4 is 5.73 Å². The third-order valence-corrected chi connectivity index (χ3v) is 1.77. The molecule has 0 aromatic rings. The number of likely N-dealkylation sites (N-methyl/N-ethyl adjacent to an activating group) is 1. The standard InChI is InChI=1S/C6H12N2O2.C2HF3O2/c1-2-8-6(9)5(7)3-4-10-8;3-2(4,5)1(6)7/h5H,2-4,7H2,1H3;(H,6,7). The average molecular weight is 258 g/mol. The van der Waals surface area contributed by atoms with Gasteiger partial charge in [-0.15, -0.1) is 0 Å². The van der Waals surface area contributed by atoms with E-state index in [-0.39, 0.29) is 11.9 Å². The maximum Gasteiger partial charge on any atom is 0.490 e. The van der Waals surface area contributed by atoms with Crippen molar-refractivity contribution >= 4 is 11.9 Å². The maximum atomic E-state index is 11.0. The Labute approximate surface area is 95.1 Å². The molecule has 6 nitrogen and oxygen atoms in total. The number of nitrogens with zero attached hydrogens (tertiary/aromatic N) is 1. The van der Waals surface area contributed by atoms with Crippen LogP contribution in [-0.4, -0.2) is 47.4 Å². The number of carbonyl (C=O) groups excluding carboxylic acids is 1. The number of rotatable bonds is 1. The molecule has 17 heavy (non-hydrogen) atoms. The molecular formula is C8H13F3N2O4. The van der Waals surface area contributed by atoms with E-state index >= 15 is 0 Å². The third-order valence-electron chi connectivity index (χ3n) is 1.77. The van der Waals surface area contributed by atoms with Crippen LogP contribution in [0.3, 0.4) is 0 Å². The SMILES string of the molecule is CCN1OCCC(N)C1=O.O=C(O)C(F)(F)F. The molecule has 0 bridgehead atoms. The Balaban J connectivity index is 0.000000325. The minimum absolute atomic E-state index is 0.103. The Bertz CT molecular complexity index is 282. The lowest BCUT2D eigenvalue weighted by molar-refractivity contribution is -0.199. The monoisotopic (exact) mass is 258 g/mol. The zero-order valence-electron chi connectivity index (χ0n) is 9.03. The molecular weight excluding hydrogens is 245 g/mol. The van der Waals surface area contributed by atoms with Crippen molar-refractivity contribution in [2.45, 2.75) is 25.6 Å². The van der Waals surface area contributed by atoms with Crippen molar-refractivity contribution in [1.82, 2.24) is 5.06 Å². The lowest BCUT2D eigenvalue weighted by Crippen LogP contribution is -2.48. The van der Waals surface area contributed by atoms with Crippen molar-refractivity contribution in [3.63, 3.8) is 0 Å². The number of hydrogen-bond donors (Lipinski definition) is 2. The number of alkyl halides is 3. The van der Waals surface area contributed by atoms with Gasteiger partial charge in [0, 0.05) is 6.54 Å². The van der Waals surface area contributed by atoms with Gasteiger partial charge in [0.25, 0.3) is 5.91 Å². The van der Waals surface area contributed by atoms with Gasteiger partial charge in [-0.2, -0.15) is 13.2 Å². The van der Waals surface area contributed by atoms with E-state index < -0.39 is 12.1 Å². The lowest BCUT2D eigenvalue weighted by atomic mass is 10.2. The molecule has 3 N–H and O–H groups in total. The van der Waals surface area contributed by atoms with Crippen molar-refractivity contribution in [3.05, 3.63) is 0 Å². The fraction of sp³-hybridized carbons (Fsp3) is 0.750. The van der Waals surface area contributed by atoms with Gasteiger partial charge in [-0.25, -0.2) is 9.86 Å². The second-order valence-corrected chi connectivity index (χ2v) is 3.06. The van der Waals surface area contributed by atoms with Crippen LogP contribution in [0.25, 0.3) is 0 Å². The molecule has 9 heteroatoms. The highest BCUT2D eigenvalue weighted by molar-refractivity contribution is 5.81. The fourth-order valence-corrected chi connectivity index (χ4v) is 0.909. The summed E-state index contributed by atoms with van der Waals surface area (Å²) in [5.74, 6) is -2.86. The highest BCUT2D eigenvalue weighted by Crippen LogP contribution is 2.13. The summed E-state index contributed by atoms with van der Waals surface area (Å²) < 4.78 is 31.7. The van der Waals surface area contributed by atoms with Gasteiger partial charge < -0.3 is 10.8 Å². The maximum absolute atomic E-state index is 11.0. The molecule has 0 aromatic carbocycles. The smallest absolute Gasteiger partial charge is 0.475 e. The molecule has 0 aromatic heterocycles. The van der Waals surface area contributed by atoms with Crippen LogP contribution >= 0.6 is 0 Å². The first kappa shape index (κ1) is 15.7. The molecule has 1 saturated heterocycles. The Kier molecular flexibility index (Phi) is 5.89. The van der Waals surface area contributed by atoms with Gasteiger partial charge in [-0.1, -0.05) is 0 Å². The molecule has 0 spiro atoms. The largest absolute Gasteiger partial charge is 0.490 e. The number of carbonyl (C=O) groups is 2. The van der Waals surface area contributed by atoms with E-state index in [9.17, 15) is 18.0 Å². The predicted molar refractivity (Wildman–Crippen MR) is 49.6 cm³/mol. The van der Waals surface area contributed by atoms with Crippen LogP contribution in [0.2, 0.25) is 0 Å². The quantitative estimate of drug-likeness (QED) is 0.697. The second-order valence-electron chi connectivity index (χ2n) is 3.06. The van der Waals surface area contributed by atoms with Crippen LogP contribution in [0.4, 0.5) is 13.2 Å². The summed E-state index contributed by atoms with van der Waals surface area (Å²) in [7, 11) is 0. The van der Waals surface area contributed by atoms with Crippen LogP contribution in [-0.2, 0) is 14.4 Å². The molecule has 100 valence electrons. The third kappa shape index (κ3) is 5.50. The first-order valence-electron chi connectivity index (χ1n) is 4.70. The fourth-order valence-electron chi connectivity index (χ4n) is 0.909. The molecule has 1 heterocycles. The van der Waals surface area contributed by atoms with Crippen LogP contribution in [0.1, 0.15) is 13.3 Å². The molecule has 1 aliphatic heterocycles. The van der Waals surface area contributed by atoms with Gasteiger partial charge in [0.05, 0.1) is 12.6 Å². The number of hydroxylamine groups is 2. The topological polar surface area (TPSA) is 92.9 Å². The van der Waals surface area contributed by atoms with E-state index in [1.807, 2.05) is 6.92 Å². The number of aliphatic carboxylic acids is 1. The Hall–Kier alpha value is -1.35. The number of carboxylic acids is 1. The van der Waals surface area contributed by atoms with E-state index in [0.717, 1.165) is 0 Å². The van der Waals surface area contributed by atoms with Crippen LogP contribution in [0, 0.1) is 0 Å². The summed E-state index contributed by atoms with van der Waals surface area (Å²) in [4.78, 5) is 24.9. The van der Waals surface area contributed by atoms with E-state index in [1.165, 1.54) is 5.06 Å². The number of hydrogen-bond acceptors (Lipinski definition) is 4. The van der Waals surface area contributed by atoms with Gasteiger partial charge in [0.15, 0.2) is 0 Å². The summed E-state index contributed by atoms with van der Waals surface area (Å²) in [5, 5.41) is 8.44. The highest BCUT2D eigenvalue weighted by atomic mass is 19.4. The van der Waals surface area contributed by atoms with E-state index in [2.05, 4.69) is 0 Å². The molecule has 0 radical (unpaired) electrons. The first-order valence-corrected chi connectivity index (χ1v) is 4.70. The first-order chi connectivity index (χ1) is 7.70. The van der Waals surface area contributed by atoms with Crippen molar-refractivity contribution in [2.24, 2.45) is 5.73 Å². The molecule has 1 fully saturated rings. The lowest BCUT2D eigenvalue weighted by Gasteiger charge is -2.28. The summed E-state index contributed by atoms with van der Waals surface area (Å²) in [6, 6.07) is -0.353. The molecule has 1 atom stereocenters. The van der Waals surface area contributed by atoms with Crippen LogP contribution in [0.5, 0.6) is 0 Å². The van der Waals surface area contributed by atoms with Crippen molar-refractivity contribution in [1.29, 1.82) is 0 Å². The Morgan fingerprint density at radius 3 is 2.41 bits per heavy atom. The van der Waals surface area contributed by atoms with Crippen molar-refractivity contribution in [3.8, 4) is 0 Å². The van der Waals surface area contributed by atoms with E-state index in [0.29, 0.717) is 19.6 Å². The number of nitrogens with two attached hydrogens (primary N) is 1. The summed E-state index contributed by atoms with van der Waals surface area (Å²) in [6.07, 6.45) is -4.45. The number of halogens is 3. The van der Waals surface area contributed by atoms with E-state index in [4.69, 9.17) is 20.5 Å². The summed E-state index contributed by atoms with van der Waals surface area (Å²) >= 11 is 0. The molecule has 1 amide bonds. The zero-order valence-corrected chi connectivity index (χ0v) is 9.03. The van der Waals surface area contributed by atoms with Gasteiger partial charge in [-0.05, 0) is 13.3 Å². The van der Waals surface area contributed by atoms with Gasteiger partial charge in [0.1, 0.15) is 0 Å². The van der Waals surface area contributed by atoms with Gasteiger partial charge >= 0.3 is 12.1 Å². The number of carboxylic acid groups (broad SMARTS) is 1. The van der Waals surface area contributed by atoms with E-state index in [1.54, 1.807) is 0 Å². The van der Waals surface area contributed by atoms with Crippen molar-refractivity contribution in [2.75, 3.05) is 13.2 Å². The highest BCUT2D eigenvalue weighted by Gasteiger charge is 2.38. The summed E-state index contributed by atoms with van der Waals surface area (Å²) in [6.45, 7) is 2.99. The predicted octanol–water partition coefficient (Wildman–Crippen LogP) is 0.131. The molecule has 1 unspecified atom stereocenters. The van der Waals surface area contributed by atoms with Crippen molar-refractivity contribution < 1.29 is 32.7 Å². The minimum Gasteiger partial charge on any atom is -0.475 e. The second kappa shape index (κ2) is 6.40. The Morgan fingerprint density at radius 1 is 1.65 bits per heavy atom. The Morgan fingerprint density at radius 2 is 2.12 bits per heavy atom.